The summed E-state index contributed by atoms with van der Waals surface area (Å²) < 4.78 is 8.91. The van der Waals surface area contributed by atoms with Crippen LogP contribution in [0.1, 0.15) is 0 Å². The molecule has 0 aliphatic carbocycles. The lowest BCUT2D eigenvalue weighted by molar-refractivity contribution is -0.135. The van der Waals surface area contributed by atoms with Crippen molar-refractivity contribution in [3.05, 3.63) is 25.2 Å². The Morgan fingerprint density at radius 3 is 1.93 bits per heavy atom. The molecular weight excluding hydrogens is 204 g/mol. The summed E-state index contributed by atoms with van der Waals surface area (Å²) >= 11 is 0. The summed E-state index contributed by atoms with van der Waals surface area (Å²) in [6, 6.07) is 0. The smallest absolute Gasteiger partial charge is 0.371 e. The average Bonchev–Trinajstić information content (AvgIpc) is 2.20. The third kappa shape index (κ3) is 15.4. The van der Waals surface area contributed by atoms with Gasteiger partial charge in [0.2, 0.25) is 5.76 Å². The second kappa shape index (κ2) is 12.6. The number of carboxylic acid groups (broad SMARTS) is 1. The summed E-state index contributed by atoms with van der Waals surface area (Å²) in [4.78, 5) is 9.82. The SMILES string of the molecule is C=COC(=C)C(=O)O.OCCOCCO. The summed E-state index contributed by atoms with van der Waals surface area (Å²) in [5.74, 6) is -1.50. The van der Waals surface area contributed by atoms with Gasteiger partial charge in [-0.05, 0) is 6.58 Å². The van der Waals surface area contributed by atoms with Gasteiger partial charge >= 0.3 is 5.97 Å². The molecule has 3 N–H and O–H groups in total. The molecule has 0 atom stereocenters. The second-order valence-electron chi connectivity index (χ2n) is 2.07. The van der Waals surface area contributed by atoms with E-state index in [9.17, 15) is 4.79 Å². The standard InChI is InChI=1S/C5H6O3.C4H10O3/c1-3-8-4(2)5(6)7;5-1-3-7-4-2-6/h3H,1-2H2,(H,6,7);5-6H,1-4H2. The van der Waals surface area contributed by atoms with Crippen molar-refractivity contribution in [2.45, 2.75) is 0 Å². The zero-order valence-electron chi connectivity index (χ0n) is 8.39. The molecule has 0 rings (SSSR count). The van der Waals surface area contributed by atoms with E-state index in [2.05, 4.69) is 22.6 Å². The Bertz CT molecular complexity index is 185. The van der Waals surface area contributed by atoms with Crippen molar-refractivity contribution in [1.82, 2.24) is 0 Å². The minimum absolute atomic E-state index is 0.0278. The van der Waals surface area contributed by atoms with Crippen molar-refractivity contribution in [2.24, 2.45) is 0 Å². The van der Waals surface area contributed by atoms with Gasteiger partial charge in [-0.2, -0.15) is 0 Å². The summed E-state index contributed by atoms with van der Waals surface area (Å²) in [6.45, 7) is 6.88. The largest absolute Gasteiger partial charge is 0.475 e. The van der Waals surface area contributed by atoms with Crippen LogP contribution in [-0.4, -0.2) is 47.7 Å². The molecule has 0 bridgehead atoms. The first kappa shape index (κ1) is 16.1. The molecule has 6 heteroatoms. The number of hydrogen-bond donors (Lipinski definition) is 3. The van der Waals surface area contributed by atoms with Gasteiger partial charge in [-0.1, -0.05) is 6.58 Å². The molecule has 0 saturated heterocycles. The zero-order chi connectivity index (χ0) is 12.1. The molecule has 6 nitrogen and oxygen atoms in total. The van der Waals surface area contributed by atoms with Gasteiger partial charge in [0.05, 0.1) is 32.7 Å². The van der Waals surface area contributed by atoms with Crippen LogP contribution < -0.4 is 0 Å². The minimum Gasteiger partial charge on any atom is -0.475 e. The fourth-order valence-electron chi connectivity index (χ4n) is 0.382. The second-order valence-corrected chi connectivity index (χ2v) is 2.07. The molecule has 0 unspecified atom stereocenters. The van der Waals surface area contributed by atoms with E-state index in [1.807, 2.05) is 0 Å². The van der Waals surface area contributed by atoms with Gasteiger partial charge in [-0.3, -0.25) is 0 Å². The number of ether oxygens (including phenoxy) is 2. The van der Waals surface area contributed by atoms with Crippen molar-refractivity contribution < 1.29 is 29.6 Å². The lowest BCUT2D eigenvalue weighted by Crippen LogP contribution is -2.03. The number of aliphatic carboxylic acids is 1. The van der Waals surface area contributed by atoms with Gasteiger partial charge in [-0.25, -0.2) is 4.79 Å². The van der Waals surface area contributed by atoms with Gasteiger partial charge in [-0.15, -0.1) is 0 Å². The molecular formula is C9H16O6. The summed E-state index contributed by atoms with van der Waals surface area (Å²) in [5, 5.41) is 24.2. The van der Waals surface area contributed by atoms with Crippen LogP contribution >= 0.6 is 0 Å². The van der Waals surface area contributed by atoms with Crippen LogP contribution in [0.2, 0.25) is 0 Å². The van der Waals surface area contributed by atoms with Crippen molar-refractivity contribution in [2.75, 3.05) is 26.4 Å². The van der Waals surface area contributed by atoms with E-state index < -0.39 is 5.97 Å². The number of aliphatic hydroxyl groups excluding tert-OH is 2. The maximum absolute atomic E-state index is 9.82. The lowest BCUT2D eigenvalue weighted by Gasteiger charge is -1.94. The van der Waals surface area contributed by atoms with E-state index in [1.165, 1.54) is 0 Å². The molecule has 0 heterocycles. The van der Waals surface area contributed by atoms with Gasteiger partial charge in [0.25, 0.3) is 0 Å². The molecule has 15 heavy (non-hydrogen) atoms. The van der Waals surface area contributed by atoms with E-state index in [0.717, 1.165) is 6.26 Å². The quantitative estimate of drug-likeness (QED) is 0.310. The van der Waals surface area contributed by atoms with Crippen LogP contribution in [0, 0.1) is 0 Å². The van der Waals surface area contributed by atoms with Gasteiger partial charge in [0, 0.05) is 0 Å². The molecule has 0 aromatic rings. The monoisotopic (exact) mass is 220 g/mol. The van der Waals surface area contributed by atoms with Crippen LogP contribution in [-0.2, 0) is 14.3 Å². The average molecular weight is 220 g/mol. The van der Waals surface area contributed by atoms with E-state index in [1.54, 1.807) is 0 Å². The number of carboxylic acids is 1. The normalized spacial score (nSPS) is 8.40. The predicted molar refractivity (Wildman–Crippen MR) is 53.0 cm³/mol. The van der Waals surface area contributed by atoms with Gasteiger partial charge < -0.3 is 24.8 Å². The Labute approximate surface area is 88.1 Å². The maximum atomic E-state index is 9.82. The highest BCUT2D eigenvalue weighted by molar-refractivity contribution is 5.83. The Morgan fingerprint density at radius 2 is 1.73 bits per heavy atom. The van der Waals surface area contributed by atoms with Crippen LogP contribution in [0.4, 0.5) is 0 Å². The van der Waals surface area contributed by atoms with Crippen molar-refractivity contribution in [3.8, 4) is 0 Å². The van der Waals surface area contributed by atoms with Crippen molar-refractivity contribution >= 4 is 5.97 Å². The molecule has 0 radical (unpaired) electrons. The van der Waals surface area contributed by atoms with E-state index in [-0.39, 0.29) is 19.0 Å². The van der Waals surface area contributed by atoms with Crippen LogP contribution in [0.5, 0.6) is 0 Å². The fourth-order valence-corrected chi connectivity index (χ4v) is 0.382. The molecule has 0 aromatic carbocycles. The number of hydrogen-bond acceptors (Lipinski definition) is 5. The summed E-state index contributed by atoms with van der Waals surface area (Å²) in [7, 11) is 0. The summed E-state index contributed by atoms with van der Waals surface area (Å²) in [5.41, 5.74) is 0. The van der Waals surface area contributed by atoms with Crippen molar-refractivity contribution in [1.29, 1.82) is 0 Å². The molecule has 0 saturated carbocycles. The molecule has 0 aromatic heterocycles. The van der Waals surface area contributed by atoms with Gasteiger partial charge in [0.1, 0.15) is 0 Å². The Kier molecular flexibility index (Phi) is 13.5. The number of carbonyl (C=O) groups is 1. The van der Waals surface area contributed by atoms with Crippen LogP contribution in [0.25, 0.3) is 0 Å². The molecule has 0 fully saturated rings. The first-order chi connectivity index (χ1) is 7.09. The Morgan fingerprint density at radius 1 is 1.27 bits per heavy atom. The first-order valence-electron chi connectivity index (χ1n) is 4.09. The highest BCUT2D eigenvalue weighted by Gasteiger charge is 2.00. The maximum Gasteiger partial charge on any atom is 0.371 e. The first-order valence-corrected chi connectivity index (χ1v) is 4.09. The number of aliphatic hydroxyl groups is 2. The third-order valence-corrected chi connectivity index (χ3v) is 0.935. The van der Waals surface area contributed by atoms with E-state index in [4.69, 9.17) is 15.3 Å². The van der Waals surface area contributed by atoms with E-state index in [0.29, 0.717) is 13.2 Å². The van der Waals surface area contributed by atoms with E-state index >= 15 is 0 Å². The van der Waals surface area contributed by atoms with Crippen molar-refractivity contribution in [3.63, 3.8) is 0 Å². The topological polar surface area (TPSA) is 96.2 Å². The fraction of sp³-hybridized carbons (Fsp3) is 0.444. The summed E-state index contributed by atoms with van der Waals surface area (Å²) in [6.07, 6.45) is 1.01. The lowest BCUT2D eigenvalue weighted by atomic mass is 10.6. The number of rotatable bonds is 7. The zero-order valence-corrected chi connectivity index (χ0v) is 8.39. The Hall–Kier alpha value is -1.37. The molecule has 0 spiro atoms. The molecule has 0 amide bonds. The highest BCUT2D eigenvalue weighted by Crippen LogP contribution is 1.90. The van der Waals surface area contributed by atoms with Crippen LogP contribution in [0.15, 0.2) is 25.2 Å². The predicted octanol–water partition coefficient (Wildman–Crippen LogP) is -0.268. The van der Waals surface area contributed by atoms with Crippen LogP contribution in [0.3, 0.4) is 0 Å². The molecule has 88 valence electrons. The third-order valence-electron chi connectivity index (χ3n) is 0.935. The van der Waals surface area contributed by atoms with Gasteiger partial charge in [0.15, 0.2) is 0 Å². The highest BCUT2D eigenvalue weighted by atomic mass is 16.5. The molecule has 0 aliphatic heterocycles. The Balaban J connectivity index is 0. The molecule has 0 aliphatic rings. The minimum atomic E-state index is -1.18.